The third-order valence-corrected chi connectivity index (χ3v) is 4.37. The van der Waals surface area contributed by atoms with Gasteiger partial charge < -0.3 is 10.1 Å². The Kier molecular flexibility index (Phi) is 7.33. The minimum atomic E-state index is -0.265. The first-order valence-electron chi connectivity index (χ1n) is 9.27. The Bertz CT molecular complexity index is 798. The highest BCUT2D eigenvalue weighted by atomic mass is 16.5. The van der Waals surface area contributed by atoms with Gasteiger partial charge in [-0.25, -0.2) is 4.98 Å². The lowest BCUT2D eigenvalue weighted by molar-refractivity contribution is -0.140. The molecule has 2 aromatic rings. The summed E-state index contributed by atoms with van der Waals surface area (Å²) in [4.78, 5) is 29.2. The number of aromatic nitrogens is 2. The zero-order valence-corrected chi connectivity index (χ0v) is 16.1. The van der Waals surface area contributed by atoms with Gasteiger partial charge >= 0.3 is 5.97 Å². The fourth-order valence-corrected chi connectivity index (χ4v) is 2.95. The van der Waals surface area contributed by atoms with Crippen molar-refractivity contribution in [2.24, 2.45) is 5.92 Å². The molecule has 1 atom stereocenters. The van der Waals surface area contributed by atoms with Gasteiger partial charge in [-0.3, -0.25) is 14.2 Å². The first kappa shape index (κ1) is 20.1. The lowest BCUT2D eigenvalue weighted by Crippen LogP contribution is -2.33. The van der Waals surface area contributed by atoms with Gasteiger partial charge in [0.2, 0.25) is 0 Å². The molecule has 142 valence electrons. The number of benzene rings is 1. The van der Waals surface area contributed by atoms with Crippen LogP contribution in [0.4, 0.5) is 0 Å². The number of nitrogens with zero attached hydrogens (tertiary/aromatic N) is 2. The number of rotatable bonds is 9. The maximum atomic E-state index is 13.0. The van der Waals surface area contributed by atoms with Gasteiger partial charge in [-0.05, 0) is 37.4 Å². The van der Waals surface area contributed by atoms with Crippen LogP contribution >= 0.6 is 0 Å². The molecule has 1 aromatic carbocycles. The van der Waals surface area contributed by atoms with E-state index in [1.54, 1.807) is 10.6 Å². The van der Waals surface area contributed by atoms with Gasteiger partial charge in [0.1, 0.15) is 5.82 Å². The Labute approximate surface area is 154 Å². The minimum absolute atomic E-state index is 0.00664. The molecule has 1 heterocycles. The van der Waals surface area contributed by atoms with Crippen LogP contribution in [-0.4, -0.2) is 29.2 Å². The molecule has 0 fully saturated rings. The van der Waals surface area contributed by atoms with Crippen LogP contribution in [0.25, 0.3) is 10.9 Å². The van der Waals surface area contributed by atoms with Crippen LogP contribution in [0.3, 0.4) is 0 Å². The Morgan fingerprint density at radius 2 is 2.04 bits per heavy atom. The number of fused-ring (bicyclic) bond motifs is 1. The molecule has 0 spiro atoms. The summed E-state index contributed by atoms with van der Waals surface area (Å²) in [5.41, 5.74) is 0.654. The molecule has 1 aromatic heterocycles. The molecule has 0 saturated carbocycles. The molecule has 0 aliphatic carbocycles. The van der Waals surface area contributed by atoms with Crippen LogP contribution in [0.1, 0.15) is 51.9 Å². The fraction of sp³-hybridized carbons (Fsp3) is 0.550. The van der Waals surface area contributed by atoms with E-state index in [2.05, 4.69) is 26.1 Å². The molecule has 0 unspecified atom stereocenters. The molecule has 0 aliphatic heterocycles. The number of hydrogen-bond acceptors (Lipinski definition) is 5. The van der Waals surface area contributed by atoms with Gasteiger partial charge in [-0.1, -0.05) is 32.9 Å². The van der Waals surface area contributed by atoms with Crippen molar-refractivity contribution in [2.75, 3.05) is 13.7 Å². The van der Waals surface area contributed by atoms with Gasteiger partial charge in [0.05, 0.1) is 24.1 Å². The SMILES string of the molecule is CC[C@H](NCC(C)C)c1nc2ccccc2c(=O)n1CCCC(=O)OC. The molecular formula is C20H29N3O3. The zero-order valence-electron chi connectivity index (χ0n) is 16.1. The molecule has 6 heteroatoms. The summed E-state index contributed by atoms with van der Waals surface area (Å²) in [7, 11) is 1.38. The van der Waals surface area contributed by atoms with Crippen LogP contribution < -0.4 is 10.9 Å². The normalized spacial score (nSPS) is 12.5. The molecule has 0 amide bonds. The second kappa shape index (κ2) is 9.48. The largest absolute Gasteiger partial charge is 0.469 e. The number of esters is 1. The Hall–Kier alpha value is -2.21. The van der Waals surface area contributed by atoms with Crippen LogP contribution in [-0.2, 0) is 16.1 Å². The number of methoxy groups -OCH3 is 1. The van der Waals surface area contributed by atoms with Crippen LogP contribution in [0.2, 0.25) is 0 Å². The van der Waals surface area contributed by atoms with Gasteiger partial charge in [-0.15, -0.1) is 0 Å². The highest BCUT2D eigenvalue weighted by Gasteiger charge is 2.19. The molecule has 1 N–H and O–H groups in total. The standard InChI is InChI=1S/C20H29N3O3/c1-5-16(21-13-14(2)3)19-22-17-10-7-6-9-15(17)20(25)23(19)12-8-11-18(24)26-4/h6-7,9-10,14,16,21H,5,8,11-13H2,1-4H3/t16-/m0/s1. The second-order valence-corrected chi connectivity index (χ2v) is 6.89. The van der Waals surface area contributed by atoms with Crippen molar-refractivity contribution in [1.29, 1.82) is 0 Å². The van der Waals surface area contributed by atoms with Crippen molar-refractivity contribution < 1.29 is 9.53 Å². The number of ether oxygens (including phenoxy) is 1. The summed E-state index contributed by atoms with van der Waals surface area (Å²) < 4.78 is 6.41. The summed E-state index contributed by atoms with van der Waals surface area (Å²) in [5, 5.41) is 4.12. The van der Waals surface area contributed by atoms with Crippen molar-refractivity contribution in [3.63, 3.8) is 0 Å². The molecular weight excluding hydrogens is 330 g/mol. The van der Waals surface area contributed by atoms with E-state index in [4.69, 9.17) is 9.72 Å². The van der Waals surface area contributed by atoms with Crippen molar-refractivity contribution in [3.8, 4) is 0 Å². The minimum Gasteiger partial charge on any atom is -0.469 e. The van der Waals surface area contributed by atoms with Gasteiger partial charge in [0.15, 0.2) is 0 Å². The number of nitrogens with one attached hydrogen (secondary N) is 1. The summed E-state index contributed by atoms with van der Waals surface area (Å²) in [5.74, 6) is 0.976. The molecule has 26 heavy (non-hydrogen) atoms. The second-order valence-electron chi connectivity index (χ2n) is 6.89. The van der Waals surface area contributed by atoms with Crippen LogP contribution in [0.15, 0.2) is 29.1 Å². The Morgan fingerprint density at radius 1 is 1.31 bits per heavy atom. The van der Waals surface area contributed by atoms with E-state index in [1.807, 2.05) is 18.2 Å². The number of carbonyl (C=O) groups excluding carboxylic acids is 1. The average Bonchev–Trinajstić information content (AvgIpc) is 2.64. The fourth-order valence-electron chi connectivity index (χ4n) is 2.95. The van der Waals surface area contributed by atoms with Crippen LogP contribution in [0, 0.1) is 5.92 Å². The van der Waals surface area contributed by atoms with E-state index in [9.17, 15) is 9.59 Å². The number of para-hydroxylation sites is 1. The van der Waals surface area contributed by atoms with E-state index >= 15 is 0 Å². The summed E-state index contributed by atoms with van der Waals surface area (Å²) in [6.07, 6.45) is 1.65. The highest BCUT2D eigenvalue weighted by molar-refractivity contribution is 5.77. The lowest BCUT2D eigenvalue weighted by Gasteiger charge is -2.22. The first-order chi connectivity index (χ1) is 12.5. The van der Waals surface area contributed by atoms with E-state index < -0.39 is 0 Å². The lowest BCUT2D eigenvalue weighted by atomic mass is 10.1. The number of carbonyl (C=O) groups is 1. The monoisotopic (exact) mass is 359 g/mol. The molecule has 0 aliphatic rings. The maximum absolute atomic E-state index is 13.0. The first-order valence-corrected chi connectivity index (χ1v) is 9.27. The molecule has 2 rings (SSSR count). The third-order valence-electron chi connectivity index (χ3n) is 4.37. The Balaban J connectivity index is 2.42. The van der Waals surface area contributed by atoms with E-state index in [0.29, 0.717) is 29.8 Å². The summed E-state index contributed by atoms with van der Waals surface area (Å²) in [6.45, 7) is 7.68. The van der Waals surface area contributed by atoms with E-state index in [1.165, 1.54) is 7.11 Å². The predicted molar refractivity (Wildman–Crippen MR) is 103 cm³/mol. The molecule has 0 bridgehead atoms. The van der Waals surface area contributed by atoms with Crippen molar-refractivity contribution >= 4 is 16.9 Å². The summed E-state index contributed by atoms with van der Waals surface area (Å²) >= 11 is 0. The van der Waals surface area contributed by atoms with Crippen molar-refractivity contribution in [2.45, 2.75) is 52.6 Å². The van der Waals surface area contributed by atoms with E-state index in [-0.39, 0.29) is 24.0 Å². The topological polar surface area (TPSA) is 73.2 Å². The van der Waals surface area contributed by atoms with Crippen molar-refractivity contribution in [3.05, 3.63) is 40.4 Å². The van der Waals surface area contributed by atoms with Gasteiger partial charge in [0, 0.05) is 13.0 Å². The molecule has 0 saturated heterocycles. The smallest absolute Gasteiger partial charge is 0.305 e. The Morgan fingerprint density at radius 3 is 2.69 bits per heavy atom. The molecule has 6 nitrogen and oxygen atoms in total. The average molecular weight is 359 g/mol. The number of hydrogen-bond donors (Lipinski definition) is 1. The predicted octanol–water partition coefficient (Wildman–Crippen LogP) is 3.05. The van der Waals surface area contributed by atoms with Crippen LogP contribution in [0.5, 0.6) is 0 Å². The third kappa shape index (κ3) is 4.91. The zero-order chi connectivity index (χ0) is 19.1. The highest BCUT2D eigenvalue weighted by Crippen LogP contribution is 2.18. The van der Waals surface area contributed by atoms with Crippen molar-refractivity contribution in [1.82, 2.24) is 14.9 Å². The maximum Gasteiger partial charge on any atom is 0.305 e. The molecule has 0 radical (unpaired) electrons. The van der Waals surface area contributed by atoms with E-state index in [0.717, 1.165) is 18.8 Å². The van der Waals surface area contributed by atoms with Gasteiger partial charge in [0.25, 0.3) is 5.56 Å². The van der Waals surface area contributed by atoms with Gasteiger partial charge in [-0.2, -0.15) is 0 Å². The quantitative estimate of drug-likeness (QED) is 0.697. The summed E-state index contributed by atoms with van der Waals surface area (Å²) in [6, 6.07) is 7.40.